The zero-order valence-electron chi connectivity index (χ0n) is 15.5. The molecule has 2 N–H and O–H groups in total. The summed E-state index contributed by atoms with van der Waals surface area (Å²) in [6.07, 6.45) is 3.42. The average molecular weight is 379 g/mol. The number of aromatic nitrogens is 1. The number of pyridine rings is 1. The van der Waals surface area contributed by atoms with Gasteiger partial charge in [-0.3, -0.25) is 19.9 Å². The first-order chi connectivity index (χ1) is 13.5. The summed E-state index contributed by atoms with van der Waals surface area (Å²) in [5.74, 6) is -0.357. The third-order valence-corrected chi connectivity index (χ3v) is 4.58. The maximum atomic E-state index is 12.4. The monoisotopic (exact) mass is 379 g/mol. The SMILES string of the molecule is CCCCC(=O)NC(c1ccccc1)c1cc([N+](=O)[O-])c2cccnc2c1O. The molecule has 0 radical (unpaired) electrons. The number of benzene rings is 2. The number of nitro groups is 1. The van der Waals surface area contributed by atoms with E-state index in [1.807, 2.05) is 25.1 Å². The number of phenols is 1. The number of fused-ring (bicyclic) bond motifs is 1. The number of non-ortho nitro benzene ring substituents is 1. The minimum absolute atomic E-state index is 0.135. The summed E-state index contributed by atoms with van der Waals surface area (Å²) in [7, 11) is 0. The van der Waals surface area contributed by atoms with Crippen molar-refractivity contribution >= 4 is 22.5 Å². The molecule has 1 unspecified atom stereocenters. The van der Waals surface area contributed by atoms with Gasteiger partial charge in [0.2, 0.25) is 5.91 Å². The van der Waals surface area contributed by atoms with Gasteiger partial charge in [0, 0.05) is 24.2 Å². The second-order valence-corrected chi connectivity index (χ2v) is 6.50. The van der Waals surface area contributed by atoms with Crippen LogP contribution in [0.3, 0.4) is 0 Å². The summed E-state index contributed by atoms with van der Waals surface area (Å²) < 4.78 is 0. The summed E-state index contributed by atoms with van der Waals surface area (Å²) in [5.41, 5.74) is 0.927. The first-order valence-electron chi connectivity index (χ1n) is 9.12. The Kier molecular flexibility index (Phi) is 5.84. The molecule has 1 atom stereocenters. The summed E-state index contributed by atoms with van der Waals surface area (Å²) in [6, 6.07) is 12.8. The number of nitro benzene ring substituents is 1. The highest BCUT2D eigenvalue weighted by atomic mass is 16.6. The molecule has 0 aliphatic carbocycles. The van der Waals surface area contributed by atoms with E-state index in [1.54, 1.807) is 24.3 Å². The van der Waals surface area contributed by atoms with Crippen LogP contribution in [0.4, 0.5) is 5.69 Å². The number of carbonyl (C=O) groups is 1. The number of aromatic hydroxyl groups is 1. The quantitative estimate of drug-likeness (QED) is 0.472. The van der Waals surface area contributed by atoms with Crippen molar-refractivity contribution in [2.45, 2.75) is 32.2 Å². The van der Waals surface area contributed by atoms with Gasteiger partial charge < -0.3 is 10.4 Å². The van der Waals surface area contributed by atoms with Crippen molar-refractivity contribution in [2.75, 3.05) is 0 Å². The van der Waals surface area contributed by atoms with E-state index < -0.39 is 11.0 Å². The predicted molar refractivity (Wildman–Crippen MR) is 106 cm³/mol. The van der Waals surface area contributed by atoms with E-state index in [2.05, 4.69) is 10.3 Å². The van der Waals surface area contributed by atoms with Gasteiger partial charge in [-0.05, 0) is 24.1 Å². The molecule has 144 valence electrons. The lowest BCUT2D eigenvalue weighted by Gasteiger charge is -2.21. The van der Waals surface area contributed by atoms with Crippen LogP contribution in [0, 0.1) is 10.1 Å². The van der Waals surface area contributed by atoms with Gasteiger partial charge in [0.25, 0.3) is 5.69 Å². The summed E-state index contributed by atoms with van der Waals surface area (Å²) in [5, 5.41) is 25.6. The molecule has 0 aliphatic heterocycles. The molecule has 3 aromatic rings. The lowest BCUT2D eigenvalue weighted by molar-refractivity contribution is -0.383. The molecule has 28 heavy (non-hydrogen) atoms. The first-order valence-corrected chi connectivity index (χ1v) is 9.12. The van der Waals surface area contributed by atoms with E-state index in [9.17, 15) is 20.0 Å². The minimum Gasteiger partial charge on any atom is -0.505 e. The number of carbonyl (C=O) groups excluding carboxylic acids is 1. The normalized spacial score (nSPS) is 11.9. The van der Waals surface area contributed by atoms with Gasteiger partial charge in [-0.1, -0.05) is 43.7 Å². The molecular formula is C21H21N3O4. The molecule has 1 heterocycles. The van der Waals surface area contributed by atoms with Gasteiger partial charge in [-0.15, -0.1) is 0 Å². The maximum absolute atomic E-state index is 12.4. The Morgan fingerprint density at radius 2 is 2.00 bits per heavy atom. The lowest BCUT2D eigenvalue weighted by atomic mass is 9.95. The Balaban J connectivity index is 2.16. The molecule has 0 spiro atoms. The largest absolute Gasteiger partial charge is 0.505 e. The lowest BCUT2D eigenvalue weighted by Crippen LogP contribution is -2.29. The third-order valence-electron chi connectivity index (χ3n) is 4.58. The minimum atomic E-state index is -0.726. The number of hydrogen-bond donors (Lipinski definition) is 2. The van der Waals surface area contributed by atoms with Crippen molar-refractivity contribution in [1.29, 1.82) is 0 Å². The Morgan fingerprint density at radius 3 is 2.68 bits per heavy atom. The van der Waals surface area contributed by atoms with Gasteiger partial charge in [0.05, 0.1) is 16.4 Å². The highest BCUT2D eigenvalue weighted by Gasteiger charge is 2.26. The van der Waals surface area contributed by atoms with Crippen molar-refractivity contribution in [3.8, 4) is 5.75 Å². The number of amides is 1. The van der Waals surface area contributed by atoms with Crippen molar-refractivity contribution < 1.29 is 14.8 Å². The standard InChI is InChI=1S/C21H21N3O4/c1-2-3-11-18(25)23-19(14-8-5-4-6-9-14)16-13-17(24(27)28)15-10-7-12-22-20(15)21(16)26/h4-10,12-13,19,26H,2-3,11H2,1H3,(H,23,25). The zero-order chi connectivity index (χ0) is 20.1. The van der Waals surface area contributed by atoms with Gasteiger partial charge >= 0.3 is 0 Å². The molecule has 1 amide bonds. The van der Waals surface area contributed by atoms with E-state index in [1.165, 1.54) is 12.3 Å². The fourth-order valence-electron chi connectivity index (χ4n) is 3.16. The van der Waals surface area contributed by atoms with Crippen LogP contribution in [0.25, 0.3) is 10.9 Å². The van der Waals surface area contributed by atoms with E-state index in [0.29, 0.717) is 12.0 Å². The molecular weight excluding hydrogens is 358 g/mol. The van der Waals surface area contributed by atoms with E-state index in [-0.39, 0.29) is 33.8 Å². The molecule has 0 saturated carbocycles. The molecule has 2 aromatic carbocycles. The second-order valence-electron chi connectivity index (χ2n) is 6.50. The number of hydrogen-bond acceptors (Lipinski definition) is 5. The number of nitrogens with zero attached hydrogens (tertiary/aromatic N) is 2. The molecule has 0 bridgehead atoms. The van der Waals surface area contributed by atoms with Gasteiger partial charge in [0.15, 0.2) is 0 Å². The van der Waals surface area contributed by atoms with Crippen LogP contribution in [0.15, 0.2) is 54.7 Å². The smallest absolute Gasteiger partial charge is 0.279 e. The number of rotatable bonds is 7. The summed E-state index contributed by atoms with van der Waals surface area (Å²) in [4.78, 5) is 27.6. The molecule has 0 saturated heterocycles. The zero-order valence-corrected chi connectivity index (χ0v) is 15.5. The fourth-order valence-corrected chi connectivity index (χ4v) is 3.16. The predicted octanol–water partition coefficient (Wildman–Crippen LogP) is 4.24. The highest BCUT2D eigenvalue weighted by Crippen LogP contribution is 2.39. The Labute approximate surface area is 162 Å². The maximum Gasteiger partial charge on any atom is 0.279 e. The topological polar surface area (TPSA) is 105 Å². The first kappa shape index (κ1) is 19.3. The third kappa shape index (κ3) is 3.93. The van der Waals surface area contributed by atoms with Crippen LogP contribution in [-0.2, 0) is 4.79 Å². The van der Waals surface area contributed by atoms with Gasteiger partial charge in [-0.2, -0.15) is 0 Å². The Bertz CT molecular complexity index is 1010. The van der Waals surface area contributed by atoms with E-state index >= 15 is 0 Å². The highest BCUT2D eigenvalue weighted by molar-refractivity contribution is 5.94. The van der Waals surface area contributed by atoms with E-state index in [0.717, 1.165) is 12.8 Å². The van der Waals surface area contributed by atoms with Crippen LogP contribution in [0.5, 0.6) is 5.75 Å². The molecule has 3 rings (SSSR count). The van der Waals surface area contributed by atoms with Crippen molar-refractivity contribution in [1.82, 2.24) is 10.3 Å². The fraction of sp³-hybridized carbons (Fsp3) is 0.238. The van der Waals surface area contributed by atoms with Crippen molar-refractivity contribution in [3.63, 3.8) is 0 Å². The van der Waals surface area contributed by atoms with Crippen LogP contribution in [0.2, 0.25) is 0 Å². The number of nitrogens with one attached hydrogen (secondary N) is 1. The van der Waals surface area contributed by atoms with Crippen LogP contribution >= 0.6 is 0 Å². The molecule has 0 fully saturated rings. The number of unbranched alkanes of at least 4 members (excludes halogenated alkanes) is 1. The molecule has 7 heteroatoms. The summed E-state index contributed by atoms with van der Waals surface area (Å²) >= 11 is 0. The summed E-state index contributed by atoms with van der Waals surface area (Å²) in [6.45, 7) is 1.99. The van der Waals surface area contributed by atoms with Gasteiger partial charge in [0.1, 0.15) is 11.3 Å². The van der Waals surface area contributed by atoms with Crippen molar-refractivity contribution in [2.24, 2.45) is 0 Å². The van der Waals surface area contributed by atoms with Crippen molar-refractivity contribution in [3.05, 3.63) is 76.0 Å². The Morgan fingerprint density at radius 1 is 1.25 bits per heavy atom. The average Bonchev–Trinajstić information content (AvgIpc) is 2.71. The van der Waals surface area contributed by atoms with Crippen LogP contribution in [0.1, 0.15) is 43.4 Å². The molecule has 0 aliphatic rings. The second kappa shape index (κ2) is 8.47. The van der Waals surface area contributed by atoms with E-state index in [4.69, 9.17) is 0 Å². The molecule has 1 aromatic heterocycles. The van der Waals surface area contributed by atoms with Crippen LogP contribution in [-0.4, -0.2) is 20.9 Å². The van der Waals surface area contributed by atoms with Crippen LogP contribution < -0.4 is 5.32 Å². The number of phenolic OH excluding ortho intramolecular Hbond substituents is 1. The van der Waals surface area contributed by atoms with Gasteiger partial charge in [-0.25, -0.2) is 0 Å². The Hall–Kier alpha value is -3.48. The molecule has 7 nitrogen and oxygen atoms in total.